The van der Waals surface area contributed by atoms with Crippen molar-refractivity contribution in [1.82, 2.24) is 4.57 Å². The number of alkyl halides is 3. The van der Waals surface area contributed by atoms with E-state index < -0.39 is 17.6 Å². The standard InChI is InChI=1S/C22H21F3N2O2/c1-13-9-10-20(29-4)18(11-13)26-21(28)16-12-14(2)27(15(16)3)19-8-6-5-7-17(19)22(23,24)25/h5-12H,1-4H3,(H,26,28). The number of carbonyl (C=O) groups excluding carboxylic acids is 1. The summed E-state index contributed by atoms with van der Waals surface area (Å²) in [4.78, 5) is 12.9. The van der Waals surface area contributed by atoms with Gasteiger partial charge in [0.2, 0.25) is 0 Å². The second-order valence-corrected chi connectivity index (χ2v) is 6.79. The molecule has 3 rings (SSSR count). The predicted molar refractivity (Wildman–Crippen MR) is 106 cm³/mol. The van der Waals surface area contributed by atoms with E-state index in [0.29, 0.717) is 28.4 Å². The first kappa shape index (κ1) is 20.5. The molecule has 4 nitrogen and oxygen atoms in total. The summed E-state index contributed by atoms with van der Waals surface area (Å²) >= 11 is 0. The molecule has 1 N–H and O–H groups in total. The number of ether oxygens (including phenoxy) is 1. The van der Waals surface area contributed by atoms with Crippen molar-refractivity contribution in [3.8, 4) is 11.4 Å². The molecule has 1 aromatic heterocycles. The minimum absolute atomic E-state index is 0.0119. The quantitative estimate of drug-likeness (QED) is 0.610. The average molecular weight is 402 g/mol. The Hall–Kier alpha value is -3.22. The first-order valence-electron chi connectivity index (χ1n) is 8.95. The molecule has 1 heterocycles. The van der Waals surface area contributed by atoms with Crippen molar-refractivity contribution in [3.05, 3.63) is 76.6 Å². The molecule has 0 bridgehead atoms. The van der Waals surface area contributed by atoms with Gasteiger partial charge >= 0.3 is 6.18 Å². The molecule has 0 aliphatic carbocycles. The van der Waals surface area contributed by atoms with Crippen molar-refractivity contribution in [1.29, 1.82) is 0 Å². The number of para-hydroxylation sites is 1. The maximum absolute atomic E-state index is 13.5. The first-order chi connectivity index (χ1) is 13.6. The van der Waals surface area contributed by atoms with Crippen molar-refractivity contribution in [2.24, 2.45) is 0 Å². The van der Waals surface area contributed by atoms with Crippen LogP contribution < -0.4 is 10.1 Å². The van der Waals surface area contributed by atoms with E-state index >= 15 is 0 Å². The molecular weight excluding hydrogens is 381 g/mol. The fourth-order valence-corrected chi connectivity index (χ4v) is 3.38. The summed E-state index contributed by atoms with van der Waals surface area (Å²) < 4.78 is 47.1. The highest BCUT2D eigenvalue weighted by Crippen LogP contribution is 2.35. The Morgan fingerprint density at radius 1 is 1.03 bits per heavy atom. The molecule has 0 spiro atoms. The van der Waals surface area contributed by atoms with Crippen molar-refractivity contribution < 1.29 is 22.7 Å². The minimum Gasteiger partial charge on any atom is -0.495 e. The molecule has 0 aliphatic heterocycles. The molecule has 0 atom stereocenters. The second-order valence-electron chi connectivity index (χ2n) is 6.79. The number of hydrogen-bond acceptors (Lipinski definition) is 2. The van der Waals surface area contributed by atoms with E-state index in [2.05, 4.69) is 5.32 Å². The molecule has 2 aromatic carbocycles. The molecule has 3 aromatic rings. The van der Waals surface area contributed by atoms with Gasteiger partial charge in [0.15, 0.2) is 0 Å². The Balaban J connectivity index is 2.04. The number of hydrogen-bond donors (Lipinski definition) is 1. The van der Waals surface area contributed by atoms with Gasteiger partial charge in [0, 0.05) is 11.4 Å². The summed E-state index contributed by atoms with van der Waals surface area (Å²) in [5, 5.41) is 2.80. The zero-order valence-electron chi connectivity index (χ0n) is 16.5. The Labute approximate surface area is 166 Å². The maximum atomic E-state index is 13.5. The van der Waals surface area contributed by atoms with Gasteiger partial charge in [0.1, 0.15) is 5.75 Å². The number of methoxy groups -OCH3 is 1. The minimum atomic E-state index is -4.50. The number of rotatable bonds is 4. The van der Waals surface area contributed by atoms with E-state index in [1.165, 1.54) is 23.8 Å². The van der Waals surface area contributed by atoms with Gasteiger partial charge in [-0.15, -0.1) is 0 Å². The van der Waals surface area contributed by atoms with Crippen LogP contribution in [0.3, 0.4) is 0 Å². The predicted octanol–water partition coefficient (Wildman–Crippen LogP) is 5.68. The molecular formula is C22H21F3N2O2. The molecule has 0 fully saturated rings. The highest BCUT2D eigenvalue weighted by molar-refractivity contribution is 6.06. The van der Waals surface area contributed by atoms with Crippen molar-refractivity contribution in [3.63, 3.8) is 0 Å². The monoisotopic (exact) mass is 402 g/mol. The van der Waals surface area contributed by atoms with E-state index in [4.69, 9.17) is 4.74 Å². The number of amides is 1. The number of nitrogens with zero attached hydrogens (tertiary/aromatic N) is 1. The van der Waals surface area contributed by atoms with Crippen LogP contribution in [0, 0.1) is 20.8 Å². The van der Waals surface area contributed by atoms with Crippen LogP contribution in [-0.4, -0.2) is 17.6 Å². The number of anilines is 1. The molecule has 0 saturated carbocycles. The third-order valence-electron chi connectivity index (χ3n) is 4.73. The summed E-state index contributed by atoms with van der Waals surface area (Å²) in [5.41, 5.74) is 1.91. The van der Waals surface area contributed by atoms with E-state index in [1.54, 1.807) is 38.1 Å². The second kappa shape index (κ2) is 7.66. The number of aryl methyl sites for hydroxylation is 2. The third kappa shape index (κ3) is 3.99. The van der Waals surface area contributed by atoms with Crippen LogP contribution in [0.15, 0.2) is 48.5 Å². The Morgan fingerprint density at radius 3 is 2.38 bits per heavy atom. The van der Waals surface area contributed by atoms with Gasteiger partial charge in [-0.2, -0.15) is 13.2 Å². The largest absolute Gasteiger partial charge is 0.495 e. The van der Waals surface area contributed by atoms with Crippen LogP contribution in [0.1, 0.15) is 32.9 Å². The van der Waals surface area contributed by atoms with Crippen LogP contribution in [0.5, 0.6) is 5.75 Å². The van der Waals surface area contributed by atoms with Gasteiger partial charge in [-0.1, -0.05) is 18.2 Å². The molecule has 0 saturated heterocycles. The van der Waals surface area contributed by atoms with Crippen molar-refractivity contribution in [2.45, 2.75) is 26.9 Å². The molecule has 7 heteroatoms. The van der Waals surface area contributed by atoms with Gasteiger partial charge in [-0.3, -0.25) is 4.79 Å². The van der Waals surface area contributed by atoms with E-state index in [1.807, 2.05) is 13.0 Å². The molecule has 152 valence electrons. The van der Waals surface area contributed by atoms with E-state index in [9.17, 15) is 18.0 Å². The van der Waals surface area contributed by atoms with Crippen molar-refractivity contribution in [2.75, 3.05) is 12.4 Å². The van der Waals surface area contributed by atoms with Gasteiger partial charge in [0.05, 0.1) is 29.6 Å². The van der Waals surface area contributed by atoms with Gasteiger partial charge in [-0.25, -0.2) is 0 Å². The summed E-state index contributed by atoms with van der Waals surface area (Å²) in [6.45, 7) is 5.18. The third-order valence-corrected chi connectivity index (χ3v) is 4.73. The lowest BCUT2D eigenvalue weighted by atomic mass is 10.1. The van der Waals surface area contributed by atoms with E-state index in [0.717, 1.165) is 11.6 Å². The fraction of sp³-hybridized carbons (Fsp3) is 0.227. The molecule has 29 heavy (non-hydrogen) atoms. The highest BCUT2D eigenvalue weighted by Gasteiger charge is 2.34. The topological polar surface area (TPSA) is 43.3 Å². The lowest BCUT2D eigenvalue weighted by Crippen LogP contribution is -2.15. The summed E-state index contributed by atoms with van der Waals surface area (Å²) in [5.74, 6) is 0.0814. The number of aromatic nitrogens is 1. The van der Waals surface area contributed by atoms with Gasteiger partial charge in [-0.05, 0) is 56.7 Å². The van der Waals surface area contributed by atoms with Gasteiger partial charge < -0.3 is 14.6 Å². The highest BCUT2D eigenvalue weighted by atomic mass is 19.4. The number of halogens is 3. The van der Waals surface area contributed by atoms with E-state index in [-0.39, 0.29) is 5.69 Å². The van der Waals surface area contributed by atoms with Crippen LogP contribution in [-0.2, 0) is 6.18 Å². The molecule has 1 amide bonds. The van der Waals surface area contributed by atoms with Crippen LogP contribution in [0.4, 0.5) is 18.9 Å². The first-order valence-corrected chi connectivity index (χ1v) is 8.95. The van der Waals surface area contributed by atoms with Crippen molar-refractivity contribution >= 4 is 11.6 Å². The zero-order valence-corrected chi connectivity index (χ0v) is 16.5. The smallest absolute Gasteiger partial charge is 0.418 e. The lowest BCUT2D eigenvalue weighted by Gasteiger charge is -2.17. The summed E-state index contributed by atoms with van der Waals surface area (Å²) in [6.07, 6.45) is -4.50. The van der Waals surface area contributed by atoms with Gasteiger partial charge in [0.25, 0.3) is 5.91 Å². The summed E-state index contributed by atoms with van der Waals surface area (Å²) in [7, 11) is 1.50. The number of nitrogens with one attached hydrogen (secondary N) is 1. The summed E-state index contributed by atoms with van der Waals surface area (Å²) in [6, 6.07) is 12.3. The Morgan fingerprint density at radius 2 is 1.72 bits per heavy atom. The normalized spacial score (nSPS) is 11.4. The number of carbonyl (C=O) groups is 1. The lowest BCUT2D eigenvalue weighted by molar-refractivity contribution is -0.137. The van der Waals surface area contributed by atoms with Crippen LogP contribution in [0.2, 0.25) is 0 Å². The zero-order chi connectivity index (χ0) is 21.3. The average Bonchev–Trinajstić information content (AvgIpc) is 2.95. The Kier molecular flexibility index (Phi) is 5.42. The molecule has 0 radical (unpaired) electrons. The molecule has 0 aliphatic rings. The van der Waals surface area contributed by atoms with Crippen LogP contribution >= 0.6 is 0 Å². The van der Waals surface area contributed by atoms with Crippen LogP contribution in [0.25, 0.3) is 5.69 Å². The fourth-order valence-electron chi connectivity index (χ4n) is 3.38. The maximum Gasteiger partial charge on any atom is 0.418 e. The Bertz CT molecular complexity index is 1070. The SMILES string of the molecule is COc1ccc(C)cc1NC(=O)c1cc(C)n(-c2ccccc2C(F)(F)F)c1C. The molecule has 0 unspecified atom stereocenters. The number of benzene rings is 2.